The molecule has 0 aromatic heterocycles. The number of rotatable bonds is 8. The highest BCUT2D eigenvalue weighted by atomic mass is 16.6. The molecule has 0 saturated heterocycles. The van der Waals surface area contributed by atoms with E-state index in [1.165, 1.54) is 11.0 Å². The van der Waals surface area contributed by atoms with E-state index in [0.29, 0.717) is 5.69 Å². The van der Waals surface area contributed by atoms with Gasteiger partial charge in [0.05, 0.1) is 6.61 Å². The van der Waals surface area contributed by atoms with Crippen LogP contribution in [0.15, 0.2) is 48.5 Å². The lowest BCUT2D eigenvalue weighted by Gasteiger charge is -2.33. The summed E-state index contributed by atoms with van der Waals surface area (Å²) in [6, 6.07) is 10.8. The van der Waals surface area contributed by atoms with E-state index in [4.69, 9.17) is 4.74 Å². The monoisotopic (exact) mass is 471 g/mol. The van der Waals surface area contributed by atoms with E-state index >= 15 is 0 Å². The smallest absolute Gasteiger partial charge is 0.408 e. The number of alkyl carbamates (subject to hydrolysis) is 1. The normalized spacial score (nSPS) is 12.9. The minimum atomic E-state index is -1.35. The van der Waals surface area contributed by atoms with Gasteiger partial charge in [0, 0.05) is 17.8 Å². The fourth-order valence-electron chi connectivity index (χ4n) is 3.38. The molecule has 0 bridgehead atoms. The number of phenolic OH excluding ortho intramolecular Hbond substituents is 1. The Hall–Kier alpha value is -3.59. The summed E-state index contributed by atoms with van der Waals surface area (Å²) in [6.07, 6.45) is -0.876. The number of aliphatic hydroxyl groups is 1. The number of amides is 3. The summed E-state index contributed by atoms with van der Waals surface area (Å²) in [4.78, 5) is 40.3. The van der Waals surface area contributed by atoms with Crippen molar-refractivity contribution in [2.75, 3.05) is 18.5 Å². The number of aliphatic hydroxyl groups excluding tert-OH is 1. The van der Waals surface area contributed by atoms with Gasteiger partial charge >= 0.3 is 6.09 Å². The van der Waals surface area contributed by atoms with Crippen molar-refractivity contribution >= 4 is 23.6 Å². The van der Waals surface area contributed by atoms with E-state index in [0.717, 1.165) is 5.56 Å². The van der Waals surface area contributed by atoms with Crippen LogP contribution >= 0.6 is 0 Å². The number of likely N-dealkylation sites (N-methyl/N-ethyl adjacent to an activating group) is 1. The van der Waals surface area contributed by atoms with Crippen LogP contribution in [0, 0.1) is 6.92 Å². The second kappa shape index (κ2) is 11.5. The Morgan fingerprint density at radius 3 is 2.24 bits per heavy atom. The maximum absolute atomic E-state index is 13.5. The van der Waals surface area contributed by atoms with Gasteiger partial charge in [-0.15, -0.1) is 0 Å². The molecule has 9 nitrogen and oxygen atoms in total. The number of hydrogen-bond acceptors (Lipinski definition) is 6. The van der Waals surface area contributed by atoms with Crippen LogP contribution in [-0.4, -0.2) is 57.8 Å². The number of carbonyl (C=O) groups is 3. The molecular weight excluding hydrogens is 438 g/mol. The zero-order valence-corrected chi connectivity index (χ0v) is 20.2. The van der Waals surface area contributed by atoms with Crippen LogP contribution in [0.5, 0.6) is 5.75 Å². The number of nitrogens with one attached hydrogen (secondary N) is 2. The number of aryl methyl sites for hydroxylation is 1. The number of anilines is 1. The molecule has 9 heteroatoms. The van der Waals surface area contributed by atoms with E-state index in [1.807, 2.05) is 19.1 Å². The summed E-state index contributed by atoms with van der Waals surface area (Å²) in [7, 11) is 0. The lowest BCUT2D eigenvalue weighted by atomic mass is 10.0. The van der Waals surface area contributed by atoms with E-state index in [2.05, 4.69) is 10.6 Å². The molecule has 0 aliphatic carbocycles. The average molecular weight is 472 g/mol. The lowest BCUT2D eigenvalue weighted by molar-refractivity contribution is -0.141. The molecule has 2 atom stereocenters. The van der Waals surface area contributed by atoms with Gasteiger partial charge in [-0.25, -0.2) is 4.79 Å². The first-order valence-electron chi connectivity index (χ1n) is 11.0. The molecule has 0 aliphatic rings. The highest BCUT2D eigenvalue weighted by molar-refractivity contribution is 5.99. The second-order valence-electron chi connectivity index (χ2n) is 8.77. The van der Waals surface area contributed by atoms with Gasteiger partial charge < -0.3 is 30.5 Å². The molecule has 0 spiro atoms. The number of phenols is 1. The Kier molecular flexibility index (Phi) is 9.03. The third-order valence-corrected chi connectivity index (χ3v) is 4.99. The maximum atomic E-state index is 13.5. The van der Waals surface area contributed by atoms with Crippen molar-refractivity contribution in [3.05, 3.63) is 59.7 Å². The van der Waals surface area contributed by atoms with E-state index in [-0.39, 0.29) is 17.9 Å². The molecular formula is C25H33N3O6. The van der Waals surface area contributed by atoms with E-state index in [1.54, 1.807) is 58.0 Å². The predicted molar refractivity (Wildman–Crippen MR) is 128 cm³/mol. The number of carbonyl (C=O) groups excluding carboxylic acids is 3. The van der Waals surface area contributed by atoms with Gasteiger partial charge in [0.15, 0.2) is 0 Å². The summed E-state index contributed by atoms with van der Waals surface area (Å²) in [5.74, 6) is -1.43. The molecule has 184 valence electrons. The first-order chi connectivity index (χ1) is 16.0. The molecule has 2 aromatic rings. The zero-order valence-electron chi connectivity index (χ0n) is 20.2. The molecule has 2 unspecified atom stereocenters. The quantitative estimate of drug-likeness (QED) is 0.468. The molecule has 0 saturated carbocycles. The molecule has 3 amide bonds. The number of hydrogen-bond donors (Lipinski definition) is 4. The van der Waals surface area contributed by atoms with Crippen LogP contribution in [0.25, 0.3) is 0 Å². The Morgan fingerprint density at radius 2 is 1.68 bits per heavy atom. The van der Waals surface area contributed by atoms with Gasteiger partial charge in [-0.2, -0.15) is 0 Å². The molecule has 0 aliphatic heterocycles. The summed E-state index contributed by atoms with van der Waals surface area (Å²) in [5.41, 5.74) is 0.782. The van der Waals surface area contributed by atoms with Gasteiger partial charge in [0.25, 0.3) is 5.91 Å². The molecule has 2 rings (SSSR count). The predicted octanol–water partition coefficient (Wildman–Crippen LogP) is 3.11. The summed E-state index contributed by atoms with van der Waals surface area (Å²) < 4.78 is 5.19. The third-order valence-electron chi connectivity index (χ3n) is 4.99. The van der Waals surface area contributed by atoms with Crippen LogP contribution in [-0.2, 0) is 14.3 Å². The SMILES string of the molecule is CCN(C(=O)C(CO)NC(=O)OC(C)(C)C)C(C(=O)Nc1ccccc1C)c1ccccc1O. The van der Waals surface area contributed by atoms with Gasteiger partial charge in [-0.3, -0.25) is 9.59 Å². The van der Waals surface area contributed by atoms with Crippen molar-refractivity contribution in [3.63, 3.8) is 0 Å². The van der Waals surface area contributed by atoms with Crippen LogP contribution in [0.1, 0.15) is 44.9 Å². The standard InChI is InChI=1S/C25H33N3O6/c1-6-28(23(32)19(15-29)27-24(33)34-25(3,4)5)21(17-12-8-10-14-20(17)30)22(31)26-18-13-9-7-11-16(18)2/h7-14,19,21,29-30H,6,15H2,1-5H3,(H,26,31)(H,27,33). The molecule has 34 heavy (non-hydrogen) atoms. The van der Waals surface area contributed by atoms with Gasteiger partial charge in [0.1, 0.15) is 23.4 Å². The number of ether oxygens (including phenoxy) is 1. The van der Waals surface area contributed by atoms with E-state index in [9.17, 15) is 24.6 Å². The average Bonchev–Trinajstić information content (AvgIpc) is 2.76. The first kappa shape index (κ1) is 26.7. The highest BCUT2D eigenvalue weighted by Gasteiger charge is 2.36. The molecule has 0 heterocycles. The fourth-order valence-corrected chi connectivity index (χ4v) is 3.38. The maximum Gasteiger partial charge on any atom is 0.408 e. The number of aromatic hydroxyl groups is 1. The Labute approximate surface area is 199 Å². The summed E-state index contributed by atoms with van der Waals surface area (Å²) >= 11 is 0. The Morgan fingerprint density at radius 1 is 1.06 bits per heavy atom. The molecule has 2 aromatic carbocycles. The number of benzene rings is 2. The Bertz CT molecular complexity index is 1020. The molecule has 4 N–H and O–H groups in total. The largest absolute Gasteiger partial charge is 0.508 e. The number of para-hydroxylation sites is 2. The summed E-state index contributed by atoms with van der Waals surface area (Å²) in [5, 5.41) is 25.5. The summed E-state index contributed by atoms with van der Waals surface area (Å²) in [6.45, 7) is 7.86. The molecule has 0 fully saturated rings. The molecule has 0 radical (unpaired) electrons. The minimum absolute atomic E-state index is 0.0610. The van der Waals surface area contributed by atoms with Gasteiger partial charge in [0.2, 0.25) is 5.91 Å². The number of nitrogens with zero attached hydrogens (tertiary/aromatic N) is 1. The van der Waals surface area contributed by atoms with Crippen molar-refractivity contribution in [2.24, 2.45) is 0 Å². The third kappa shape index (κ3) is 6.95. The van der Waals surface area contributed by atoms with Crippen LogP contribution < -0.4 is 10.6 Å². The van der Waals surface area contributed by atoms with Crippen LogP contribution in [0.4, 0.5) is 10.5 Å². The minimum Gasteiger partial charge on any atom is -0.508 e. The highest BCUT2D eigenvalue weighted by Crippen LogP contribution is 2.31. The van der Waals surface area contributed by atoms with Crippen molar-refractivity contribution in [1.82, 2.24) is 10.2 Å². The van der Waals surface area contributed by atoms with Crippen molar-refractivity contribution in [1.29, 1.82) is 0 Å². The van der Waals surface area contributed by atoms with Crippen molar-refractivity contribution in [2.45, 2.75) is 52.3 Å². The lowest BCUT2D eigenvalue weighted by Crippen LogP contribution is -2.53. The second-order valence-corrected chi connectivity index (χ2v) is 8.77. The zero-order chi connectivity index (χ0) is 25.5. The van der Waals surface area contributed by atoms with Gasteiger partial charge in [-0.05, 0) is 52.3 Å². The van der Waals surface area contributed by atoms with Gasteiger partial charge in [-0.1, -0.05) is 36.4 Å². The van der Waals surface area contributed by atoms with Crippen LogP contribution in [0.3, 0.4) is 0 Å². The first-order valence-corrected chi connectivity index (χ1v) is 11.0. The van der Waals surface area contributed by atoms with Crippen molar-refractivity contribution < 1.29 is 29.3 Å². The van der Waals surface area contributed by atoms with E-state index < -0.39 is 42.2 Å². The fraction of sp³-hybridized carbons (Fsp3) is 0.400. The Balaban J connectivity index is 2.41. The topological polar surface area (TPSA) is 128 Å². The van der Waals surface area contributed by atoms with Crippen LogP contribution in [0.2, 0.25) is 0 Å². The van der Waals surface area contributed by atoms with Crippen molar-refractivity contribution in [3.8, 4) is 5.75 Å².